The van der Waals surface area contributed by atoms with Crippen LogP contribution in [0.3, 0.4) is 0 Å². The Hall–Kier alpha value is -0.590. The maximum atomic E-state index is 11.1. The second-order valence-electron chi connectivity index (χ2n) is 3.50. The summed E-state index contributed by atoms with van der Waals surface area (Å²) in [7, 11) is -1.71. The van der Waals surface area contributed by atoms with Crippen LogP contribution in [0.25, 0.3) is 0 Å². The molecule has 0 heterocycles. The van der Waals surface area contributed by atoms with Gasteiger partial charge < -0.3 is 9.84 Å². The van der Waals surface area contributed by atoms with Crippen molar-refractivity contribution in [2.75, 3.05) is 19.1 Å². The maximum absolute atomic E-state index is 11.1. The molecular weight excluding hydrogens is 296 g/mol. The van der Waals surface area contributed by atoms with Gasteiger partial charge in [0.05, 0.1) is 19.0 Å². The fraction of sp³-hybridized carbons (Fsp3) is 0.400. The Kier molecular flexibility index (Phi) is 4.35. The van der Waals surface area contributed by atoms with Crippen LogP contribution in [0.5, 0.6) is 5.75 Å². The molecule has 0 saturated carbocycles. The van der Waals surface area contributed by atoms with Gasteiger partial charge in [0.25, 0.3) is 0 Å². The van der Waals surface area contributed by atoms with Crippen molar-refractivity contribution in [1.82, 2.24) is 0 Å². The van der Waals surface area contributed by atoms with E-state index in [4.69, 9.17) is 4.74 Å². The number of sulfone groups is 1. The van der Waals surface area contributed by atoms with Gasteiger partial charge in [-0.25, -0.2) is 8.42 Å². The summed E-state index contributed by atoms with van der Waals surface area (Å²) in [5, 5.41) is 9.79. The highest BCUT2D eigenvalue weighted by Gasteiger charge is 2.17. The molecule has 1 atom stereocenters. The van der Waals surface area contributed by atoms with Gasteiger partial charge in [0, 0.05) is 10.7 Å². The van der Waals surface area contributed by atoms with Gasteiger partial charge in [-0.2, -0.15) is 0 Å². The lowest BCUT2D eigenvalue weighted by atomic mass is 10.1. The zero-order valence-electron chi connectivity index (χ0n) is 8.97. The van der Waals surface area contributed by atoms with E-state index in [1.54, 1.807) is 18.2 Å². The van der Waals surface area contributed by atoms with Crippen molar-refractivity contribution in [3.05, 3.63) is 28.2 Å². The van der Waals surface area contributed by atoms with E-state index in [9.17, 15) is 13.5 Å². The third-order valence-electron chi connectivity index (χ3n) is 2.02. The Morgan fingerprint density at radius 1 is 1.50 bits per heavy atom. The molecule has 1 aromatic rings. The third kappa shape index (κ3) is 3.77. The van der Waals surface area contributed by atoms with Crippen LogP contribution < -0.4 is 4.74 Å². The van der Waals surface area contributed by atoms with E-state index in [0.29, 0.717) is 15.8 Å². The largest absolute Gasteiger partial charge is 0.497 e. The van der Waals surface area contributed by atoms with E-state index in [2.05, 4.69) is 15.9 Å². The maximum Gasteiger partial charge on any atom is 0.150 e. The van der Waals surface area contributed by atoms with E-state index >= 15 is 0 Å². The average Bonchev–Trinajstić information content (AvgIpc) is 2.15. The minimum absolute atomic E-state index is 0.307. The molecule has 0 aliphatic carbocycles. The normalized spacial score (nSPS) is 13.5. The van der Waals surface area contributed by atoms with Crippen LogP contribution in [0.15, 0.2) is 22.7 Å². The SMILES string of the molecule is COc1ccc(Br)c(C(O)CS(C)(=O)=O)c1. The average molecular weight is 309 g/mol. The van der Waals surface area contributed by atoms with Crippen molar-refractivity contribution in [2.24, 2.45) is 0 Å². The molecule has 0 radical (unpaired) electrons. The Bertz CT molecular complexity index is 470. The Balaban J connectivity index is 3.02. The number of rotatable bonds is 4. The molecule has 1 N–H and O–H groups in total. The highest BCUT2D eigenvalue weighted by Crippen LogP contribution is 2.28. The fourth-order valence-electron chi connectivity index (χ4n) is 1.28. The molecule has 0 aliphatic rings. The van der Waals surface area contributed by atoms with Crippen molar-refractivity contribution in [3.8, 4) is 5.75 Å². The van der Waals surface area contributed by atoms with Crippen LogP contribution in [0.1, 0.15) is 11.7 Å². The lowest BCUT2D eigenvalue weighted by Crippen LogP contribution is -2.13. The minimum atomic E-state index is -3.22. The molecule has 0 aromatic heterocycles. The van der Waals surface area contributed by atoms with Gasteiger partial charge in [-0.3, -0.25) is 0 Å². The van der Waals surface area contributed by atoms with E-state index in [0.717, 1.165) is 6.26 Å². The zero-order chi connectivity index (χ0) is 12.3. The van der Waals surface area contributed by atoms with Crippen LogP contribution in [0.4, 0.5) is 0 Å². The van der Waals surface area contributed by atoms with E-state index < -0.39 is 15.9 Å². The number of aliphatic hydroxyl groups excluding tert-OH is 1. The Morgan fingerprint density at radius 2 is 2.12 bits per heavy atom. The molecule has 0 fully saturated rings. The second kappa shape index (κ2) is 5.16. The summed E-state index contributed by atoms with van der Waals surface area (Å²) >= 11 is 3.26. The molecule has 4 nitrogen and oxygen atoms in total. The smallest absolute Gasteiger partial charge is 0.150 e. The number of hydrogen-bond acceptors (Lipinski definition) is 4. The van der Waals surface area contributed by atoms with Crippen molar-refractivity contribution in [3.63, 3.8) is 0 Å². The van der Waals surface area contributed by atoms with Crippen molar-refractivity contribution >= 4 is 25.8 Å². The van der Waals surface area contributed by atoms with Gasteiger partial charge in [0.2, 0.25) is 0 Å². The summed E-state index contributed by atoms with van der Waals surface area (Å²) in [6.45, 7) is 0. The summed E-state index contributed by atoms with van der Waals surface area (Å²) < 4.78 is 27.8. The minimum Gasteiger partial charge on any atom is -0.497 e. The van der Waals surface area contributed by atoms with E-state index in [1.165, 1.54) is 7.11 Å². The van der Waals surface area contributed by atoms with Crippen LogP contribution in [-0.4, -0.2) is 32.6 Å². The van der Waals surface area contributed by atoms with Gasteiger partial charge in [-0.05, 0) is 23.8 Å². The third-order valence-corrected chi connectivity index (χ3v) is 3.67. The predicted molar refractivity (Wildman–Crippen MR) is 65.4 cm³/mol. The van der Waals surface area contributed by atoms with Crippen molar-refractivity contribution in [1.29, 1.82) is 0 Å². The van der Waals surface area contributed by atoms with Gasteiger partial charge in [0.1, 0.15) is 15.6 Å². The molecule has 6 heteroatoms. The number of ether oxygens (including phenoxy) is 1. The van der Waals surface area contributed by atoms with Crippen LogP contribution in [0, 0.1) is 0 Å². The second-order valence-corrected chi connectivity index (χ2v) is 6.53. The predicted octanol–water partition coefficient (Wildman–Crippen LogP) is 1.54. The van der Waals surface area contributed by atoms with Gasteiger partial charge in [-0.15, -0.1) is 0 Å². The highest BCUT2D eigenvalue weighted by atomic mass is 79.9. The summed E-state index contributed by atoms with van der Waals surface area (Å²) in [4.78, 5) is 0. The number of methoxy groups -OCH3 is 1. The van der Waals surface area contributed by atoms with Crippen molar-refractivity contribution in [2.45, 2.75) is 6.10 Å². The number of hydrogen-bond donors (Lipinski definition) is 1. The molecule has 90 valence electrons. The Morgan fingerprint density at radius 3 is 2.62 bits per heavy atom. The van der Waals surface area contributed by atoms with Crippen molar-refractivity contribution < 1.29 is 18.3 Å². The molecule has 0 aliphatic heterocycles. The molecule has 1 aromatic carbocycles. The summed E-state index contributed by atoms with van der Waals surface area (Å²) in [6, 6.07) is 5.04. The van der Waals surface area contributed by atoms with Gasteiger partial charge in [-0.1, -0.05) is 15.9 Å². The molecule has 0 bridgehead atoms. The first-order valence-corrected chi connectivity index (χ1v) is 7.38. The van der Waals surface area contributed by atoms with Crippen LogP contribution >= 0.6 is 15.9 Å². The molecule has 1 unspecified atom stereocenters. The first kappa shape index (κ1) is 13.5. The van der Waals surface area contributed by atoms with E-state index in [1.807, 2.05) is 0 Å². The molecule has 0 spiro atoms. The first-order valence-electron chi connectivity index (χ1n) is 4.52. The lowest BCUT2D eigenvalue weighted by Gasteiger charge is -2.13. The standard InChI is InChI=1S/C10H13BrO4S/c1-15-7-3-4-9(11)8(5-7)10(12)6-16(2,13)14/h3-5,10,12H,6H2,1-2H3. The molecule has 1 rings (SSSR count). The molecule has 16 heavy (non-hydrogen) atoms. The first-order chi connectivity index (χ1) is 7.33. The van der Waals surface area contributed by atoms with Crippen LogP contribution in [0.2, 0.25) is 0 Å². The molecule has 0 amide bonds. The summed E-state index contributed by atoms with van der Waals surface area (Å²) in [6.07, 6.45) is 0.0316. The summed E-state index contributed by atoms with van der Waals surface area (Å²) in [5.41, 5.74) is 0.504. The van der Waals surface area contributed by atoms with Crippen LogP contribution in [-0.2, 0) is 9.84 Å². The zero-order valence-corrected chi connectivity index (χ0v) is 11.4. The van der Waals surface area contributed by atoms with Gasteiger partial charge in [0.15, 0.2) is 0 Å². The lowest BCUT2D eigenvalue weighted by molar-refractivity contribution is 0.200. The Labute approximate surface area is 103 Å². The highest BCUT2D eigenvalue weighted by molar-refractivity contribution is 9.10. The topological polar surface area (TPSA) is 63.6 Å². The molecule has 0 saturated heterocycles. The number of aliphatic hydroxyl groups is 1. The van der Waals surface area contributed by atoms with Gasteiger partial charge >= 0.3 is 0 Å². The number of halogens is 1. The molecular formula is C10H13BrO4S. The fourth-order valence-corrected chi connectivity index (χ4v) is 2.54. The quantitative estimate of drug-likeness (QED) is 0.916. The number of benzene rings is 1. The summed E-state index contributed by atoms with van der Waals surface area (Å²) in [5.74, 6) is 0.268. The van der Waals surface area contributed by atoms with E-state index in [-0.39, 0.29) is 5.75 Å². The monoisotopic (exact) mass is 308 g/mol.